The molecule has 0 amide bonds. The Kier molecular flexibility index (Phi) is 3.23. The second-order valence-corrected chi connectivity index (χ2v) is 5.22. The minimum atomic E-state index is -0.439. The van der Waals surface area contributed by atoms with Gasteiger partial charge in [-0.3, -0.25) is 9.36 Å². The highest BCUT2D eigenvalue weighted by molar-refractivity contribution is 5.83. The van der Waals surface area contributed by atoms with Gasteiger partial charge in [0, 0.05) is 5.92 Å². The standard InChI is InChI=1S/C15H17NO3/c17-13(11-6-2-1-3-7-11)10-16-12-8-4-5-9-14(12)19-15(16)18/h4-5,8-9,11H,1-3,6-7,10H2. The highest BCUT2D eigenvalue weighted by atomic mass is 16.4. The van der Waals surface area contributed by atoms with Gasteiger partial charge in [-0.2, -0.15) is 0 Å². The number of ketones is 1. The number of rotatable bonds is 3. The van der Waals surface area contributed by atoms with Crippen molar-refractivity contribution in [1.29, 1.82) is 0 Å². The molecule has 1 saturated carbocycles. The highest BCUT2D eigenvalue weighted by Gasteiger charge is 2.22. The molecule has 0 aliphatic heterocycles. The van der Waals surface area contributed by atoms with E-state index in [1.165, 1.54) is 11.0 Å². The highest BCUT2D eigenvalue weighted by Crippen LogP contribution is 2.25. The van der Waals surface area contributed by atoms with E-state index in [1.807, 2.05) is 18.2 Å². The molecule has 0 radical (unpaired) electrons. The van der Waals surface area contributed by atoms with E-state index >= 15 is 0 Å². The maximum Gasteiger partial charge on any atom is 0.420 e. The van der Waals surface area contributed by atoms with Crippen LogP contribution in [0.15, 0.2) is 33.5 Å². The van der Waals surface area contributed by atoms with Gasteiger partial charge < -0.3 is 4.42 Å². The molecule has 1 aromatic carbocycles. The third-order valence-corrected chi connectivity index (χ3v) is 3.95. The summed E-state index contributed by atoms with van der Waals surface area (Å²) in [5.74, 6) is -0.159. The number of aromatic nitrogens is 1. The van der Waals surface area contributed by atoms with Crippen molar-refractivity contribution in [3.05, 3.63) is 34.8 Å². The maximum atomic E-state index is 12.3. The van der Waals surface area contributed by atoms with Gasteiger partial charge in [0.25, 0.3) is 0 Å². The number of carbonyl (C=O) groups is 1. The normalized spacial score (nSPS) is 16.8. The predicted octanol–water partition coefficient (Wildman–Crippen LogP) is 2.74. The van der Waals surface area contributed by atoms with Crippen LogP contribution in [0.5, 0.6) is 0 Å². The lowest BCUT2D eigenvalue weighted by Crippen LogP contribution is -2.26. The molecule has 19 heavy (non-hydrogen) atoms. The van der Waals surface area contributed by atoms with Gasteiger partial charge >= 0.3 is 5.76 Å². The van der Waals surface area contributed by atoms with Gasteiger partial charge in [0.15, 0.2) is 11.4 Å². The molecule has 0 spiro atoms. The fraction of sp³-hybridized carbons (Fsp3) is 0.467. The third-order valence-electron chi connectivity index (χ3n) is 3.95. The zero-order valence-corrected chi connectivity index (χ0v) is 10.8. The number of hydrogen-bond donors (Lipinski definition) is 0. The Bertz CT molecular complexity index is 647. The number of hydrogen-bond acceptors (Lipinski definition) is 3. The first-order valence-electron chi connectivity index (χ1n) is 6.87. The van der Waals surface area contributed by atoms with Crippen LogP contribution in [0.3, 0.4) is 0 Å². The Morgan fingerprint density at radius 3 is 2.74 bits per heavy atom. The third kappa shape index (κ3) is 2.35. The molecular weight excluding hydrogens is 242 g/mol. The van der Waals surface area contributed by atoms with Crippen LogP contribution in [0.4, 0.5) is 0 Å². The van der Waals surface area contributed by atoms with Gasteiger partial charge in [-0.05, 0) is 25.0 Å². The topological polar surface area (TPSA) is 52.2 Å². The van der Waals surface area contributed by atoms with Crippen LogP contribution in [-0.4, -0.2) is 10.4 Å². The second-order valence-electron chi connectivity index (χ2n) is 5.22. The lowest BCUT2D eigenvalue weighted by molar-refractivity contribution is -0.124. The molecule has 2 aromatic rings. The average Bonchev–Trinajstić information content (AvgIpc) is 2.76. The van der Waals surface area contributed by atoms with E-state index in [9.17, 15) is 9.59 Å². The van der Waals surface area contributed by atoms with Gasteiger partial charge in [0.1, 0.15) is 0 Å². The number of fused-ring (bicyclic) bond motifs is 1. The van der Waals surface area contributed by atoms with Crippen LogP contribution in [0.2, 0.25) is 0 Å². The summed E-state index contributed by atoms with van der Waals surface area (Å²) in [5.41, 5.74) is 1.25. The number of nitrogens with zero attached hydrogens (tertiary/aromatic N) is 1. The van der Waals surface area contributed by atoms with Crippen molar-refractivity contribution >= 4 is 16.9 Å². The summed E-state index contributed by atoms with van der Waals surface area (Å²) in [5, 5.41) is 0. The van der Waals surface area contributed by atoms with Crippen molar-refractivity contribution in [3.63, 3.8) is 0 Å². The monoisotopic (exact) mass is 259 g/mol. The van der Waals surface area contributed by atoms with E-state index in [4.69, 9.17) is 4.42 Å². The first-order chi connectivity index (χ1) is 9.25. The van der Waals surface area contributed by atoms with Gasteiger partial charge in [0.05, 0.1) is 12.1 Å². The Hall–Kier alpha value is -1.84. The van der Waals surface area contributed by atoms with Crippen LogP contribution in [0.1, 0.15) is 32.1 Å². The smallest absolute Gasteiger partial charge is 0.408 e. The predicted molar refractivity (Wildman–Crippen MR) is 72.1 cm³/mol. The van der Waals surface area contributed by atoms with Gasteiger partial charge in [-0.1, -0.05) is 31.4 Å². The first kappa shape index (κ1) is 12.2. The van der Waals surface area contributed by atoms with Crippen LogP contribution in [-0.2, 0) is 11.3 Å². The molecule has 1 aromatic heterocycles. The number of Topliss-reactive ketones (excluding diaryl/α,β-unsaturated/α-hetero) is 1. The molecule has 1 heterocycles. The largest absolute Gasteiger partial charge is 0.420 e. The van der Waals surface area contributed by atoms with E-state index in [0.29, 0.717) is 11.1 Å². The van der Waals surface area contributed by atoms with Crippen LogP contribution < -0.4 is 5.76 Å². The van der Waals surface area contributed by atoms with Crippen molar-refractivity contribution in [1.82, 2.24) is 4.57 Å². The summed E-state index contributed by atoms with van der Waals surface area (Å²) in [7, 11) is 0. The molecule has 1 aliphatic carbocycles. The van der Waals surface area contributed by atoms with E-state index in [0.717, 1.165) is 25.7 Å². The van der Waals surface area contributed by atoms with E-state index in [2.05, 4.69) is 0 Å². The molecule has 1 aliphatic rings. The molecule has 0 unspecified atom stereocenters. The Morgan fingerprint density at radius 1 is 1.21 bits per heavy atom. The molecule has 0 saturated heterocycles. The molecule has 0 atom stereocenters. The molecule has 100 valence electrons. The second kappa shape index (κ2) is 5.03. The van der Waals surface area contributed by atoms with Crippen LogP contribution in [0.25, 0.3) is 11.1 Å². The summed E-state index contributed by atoms with van der Waals surface area (Å²) in [6, 6.07) is 7.23. The fourth-order valence-electron chi connectivity index (χ4n) is 2.87. The Morgan fingerprint density at radius 2 is 1.95 bits per heavy atom. The van der Waals surface area contributed by atoms with Crippen molar-refractivity contribution in [2.75, 3.05) is 0 Å². The maximum absolute atomic E-state index is 12.3. The quantitative estimate of drug-likeness (QED) is 0.851. The fourth-order valence-corrected chi connectivity index (χ4v) is 2.87. The van der Waals surface area contributed by atoms with Crippen molar-refractivity contribution in [2.24, 2.45) is 5.92 Å². The molecule has 0 bridgehead atoms. The van der Waals surface area contributed by atoms with Crippen LogP contribution in [0, 0.1) is 5.92 Å². The average molecular weight is 259 g/mol. The Balaban J connectivity index is 1.86. The first-order valence-corrected chi connectivity index (χ1v) is 6.87. The lowest BCUT2D eigenvalue weighted by Gasteiger charge is -2.20. The zero-order chi connectivity index (χ0) is 13.2. The molecule has 1 fully saturated rings. The van der Waals surface area contributed by atoms with Crippen molar-refractivity contribution in [3.8, 4) is 0 Å². The molecule has 4 heteroatoms. The van der Waals surface area contributed by atoms with Crippen molar-refractivity contribution < 1.29 is 9.21 Å². The van der Waals surface area contributed by atoms with Gasteiger partial charge in [-0.15, -0.1) is 0 Å². The lowest BCUT2D eigenvalue weighted by atomic mass is 9.86. The Labute approximate surface area is 111 Å². The minimum absolute atomic E-state index is 0.120. The van der Waals surface area contributed by atoms with E-state index in [-0.39, 0.29) is 18.2 Å². The summed E-state index contributed by atoms with van der Waals surface area (Å²) < 4.78 is 6.59. The SMILES string of the molecule is O=C(Cn1c(=O)oc2ccccc21)C1CCCCC1. The summed E-state index contributed by atoms with van der Waals surface area (Å²) in [4.78, 5) is 24.1. The molecule has 0 N–H and O–H groups in total. The van der Waals surface area contributed by atoms with Crippen molar-refractivity contribution in [2.45, 2.75) is 38.6 Å². The summed E-state index contributed by atoms with van der Waals surface area (Å²) in [6.07, 6.45) is 5.39. The number of carbonyl (C=O) groups excluding carboxylic acids is 1. The number of para-hydroxylation sites is 2. The van der Waals surface area contributed by atoms with Gasteiger partial charge in [-0.25, -0.2) is 4.79 Å². The van der Waals surface area contributed by atoms with Crippen LogP contribution >= 0.6 is 0 Å². The summed E-state index contributed by atoms with van der Waals surface area (Å²) >= 11 is 0. The van der Waals surface area contributed by atoms with Gasteiger partial charge in [0.2, 0.25) is 0 Å². The number of oxazole rings is 1. The number of benzene rings is 1. The van der Waals surface area contributed by atoms with E-state index in [1.54, 1.807) is 6.07 Å². The molecular formula is C15H17NO3. The molecule has 4 nitrogen and oxygen atoms in total. The molecule has 3 rings (SSSR count). The minimum Gasteiger partial charge on any atom is -0.408 e. The van der Waals surface area contributed by atoms with E-state index < -0.39 is 5.76 Å². The zero-order valence-electron chi connectivity index (χ0n) is 10.8. The summed E-state index contributed by atoms with van der Waals surface area (Å²) in [6.45, 7) is 0.139.